The van der Waals surface area contributed by atoms with Gasteiger partial charge in [0.25, 0.3) is 0 Å². The minimum Gasteiger partial charge on any atom is -0.479 e. The number of carboxylic acid groups (broad SMARTS) is 1. The molecule has 1 aromatic heterocycles. The summed E-state index contributed by atoms with van der Waals surface area (Å²) in [5.74, 6) is -1.17. The first-order valence-electron chi connectivity index (χ1n) is 5.24. The van der Waals surface area contributed by atoms with Crippen molar-refractivity contribution >= 4 is 12.1 Å². The van der Waals surface area contributed by atoms with Gasteiger partial charge in [-0.15, -0.1) is 0 Å². The molecule has 1 heterocycles. The summed E-state index contributed by atoms with van der Waals surface area (Å²) in [7, 11) is 0. The predicted octanol–water partition coefficient (Wildman–Crippen LogP) is 0.639. The molecule has 1 amide bonds. The van der Waals surface area contributed by atoms with E-state index in [-0.39, 0.29) is 13.2 Å². The molecule has 0 radical (unpaired) electrons. The highest BCUT2D eigenvalue weighted by Gasteiger charge is 2.36. The summed E-state index contributed by atoms with van der Waals surface area (Å²) in [6.07, 6.45) is 3.72. The highest BCUT2D eigenvalue weighted by atomic mass is 16.5. The van der Waals surface area contributed by atoms with Crippen LogP contribution >= 0.6 is 0 Å². The zero-order valence-corrected chi connectivity index (χ0v) is 10.00. The molecule has 7 nitrogen and oxygen atoms in total. The molecule has 0 aliphatic heterocycles. The summed E-state index contributed by atoms with van der Waals surface area (Å²) in [5.41, 5.74) is -1.50. The third-order valence-electron chi connectivity index (χ3n) is 2.22. The van der Waals surface area contributed by atoms with Crippen LogP contribution in [0.25, 0.3) is 0 Å². The molecule has 0 aromatic carbocycles. The molecule has 0 saturated carbocycles. The second-order valence-corrected chi connectivity index (χ2v) is 3.85. The molecule has 0 bridgehead atoms. The van der Waals surface area contributed by atoms with Crippen molar-refractivity contribution in [1.82, 2.24) is 15.1 Å². The Morgan fingerprint density at radius 1 is 1.67 bits per heavy atom. The van der Waals surface area contributed by atoms with E-state index in [4.69, 9.17) is 4.74 Å². The average Bonchev–Trinajstić information content (AvgIpc) is 2.78. The van der Waals surface area contributed by atoms with Crippen molar-refractivity contribution in [3.05, 3.63) is 31.1 Å². The van der Waals surface area contributed by atoms with Gasteiger partial charge in [-0.1, -0.05) is 12.7 Å². The van der Waals surface area contributed by atoms with Crippen LogP contribution in [0.1, 0.15) is 6.92 Å². The second kappa shape index (κ2) is 5.85. The number of rotatable bonds is 6. The molecule has 7 heteroatoms. The Balaban J connectivity index is 2.71. The van der Waals surface area contributed by atoms with Crippen LogP contribution in [0.15, 0.2) is 31.1 Å². The van der Waals surface area contributed by atoms with Gasteiger partial charge >= 0.3 is 12.1 Å². The van der Waals surface area contributed by atoms with Gasteiger partial charge in [-0.25, -0.2) is 9.59 Å². The number of aliphatic carboxylic acids is 1. The van der Waals surface area contributed by atoms with Crippen molar-refractivity contribution in [2.24, 2.45) is 0 Å². The molecule has 1 atom stereocenters. The van der Waals surface area contributed by atoms with E-state index >= 15 is 0 Å². The van der Waals surface area contributed by atoms with E-state index in [2.05, 4.69) is 17.0 Å². The molecule has 0 saturated heterocycles. The zero-order chi connectivity index (χ0) is 13.6. The molecule has 0 aliphatic carbocycles. The number of nitrogens with zero attached hydrogens (tertiary/aromatic N) is 2. The minimum atomic E-state index is -1.50. The van der Waals surface area contributed by atoms with E-state index in [0.29, 0.717) is 0 Å². The van der Waals surface area contributed by atoms with E-state index in [1.807, 2.05) is 0 Å². The zero-order valence-electron chi connectivity index (χ0n) is 10.00. The van der Waals surface area contributed by atoms with Crippen LogP contribution in [0.5, 0.6) is 0 Å². The number of hydrogen-bond donors (Lipinski definition) is 2. The maximum atomic E-state index is 11.4. The standard InChI is InChI=1S/C11H15N3O4/c1-3-7-18-10(17)13-11(2,9(15)16)8-14-6-4-5-12-14/h3-6H,1,7-8H2,2H3,(H,13,17)(H,15,16). The van der Waals surface area contributed by atoms with Crippen molar-refractivity contribution in [2.45, 2.75) is 19.0 Å². The largest absolute Gasteiger partial charge is 0.479 e. The fraction of sp³-hybridized carbons (Fsp3) is 0.364. The topological polar surface area (TPSA) is 93.5 Å². The highest BCUT2D eigenvalue weighted by Crippen LogP contribution is 2.08. The van der Waals surface area contributed by atoms with Gasteiger partial charge in [0.1, 0.15) is 6.61 Å². The van der Waals surface area contributed by atoms with Gasteiger partial charge in [-0.3, -0.25) is 4.68 Å². The number of amides is 1. The van der Waals surface area contributed by atoms with Crippen LogP contribution in [-0.4, -0.2) is 39.1 Å². The van der Waals surface area contributed by atoms with Crippen LogP contribution in [0.2, 0.25) is 0 Å². The van der Waals surface area contributed by atoms with Gasteiger partial charge < -0.3 is 15.2 Å². The lowest BCUT2D eigenvalue weighted by Crippen LogP contribution is -2.55. The molecule has 1 aromatic rings. The third-order valence-corrected chi connectivity index (χ3v) is 2.22. The van der Waals surface area contributed by atoms with Gasteiger partial charge in [0.15, 0.2) is 5.54 Å². The van der Waals surface area contributed by atoms with Crippen LogP contribution in [0, 0.1) is 0 Å². The SMILES string of the molecule is C=CCOC(=O)NC(C)(Cn1cccn1)C(=O)O. The number of carboxylic acids is 1. The summed E-state index contributed by atoms with van der Waals surface area (Å²) in [4.78, 5) is 22.6. The Morgan fingerprint density at radius 2 is 2.39 bits per heavy atom. The number of carbonyl (C=O) groups is 2. The number of carbonyl (C=O) groups excluding carboxylic acids is 1. The molecule has 2 N–H and O–H groups in total. The molecule has 1 unspecified atom stereocenters. The van der Waals surface area contributed by atoms with Crippen LogP contribution in [0.3, 0.4) is 0 Å². The van der Waals surface area contributed by atoms with Crippen molar-refractivity contribution < 1.29 is 19.4 Å². The molecule has 98 valence electrons. The Kier molecular flexibility index (Phi) is 4.47. The number of alkyl carbamates (subject to hydrolysis) is 1. The lowest BCUT2D eigenvalue weighted by Gasteiger charge is -2.25. The molecule has 18 heavy (non-hydrogen) atoms. The lowest BCUT2D eigenvalue weighted by molar-refractivity contribution is -0.144. The van der Waals surface area contributed by atoms with Gasteiger partial charge in [0, 0.05) is 12.4 Å². The van der Waals surface area contributed by atoms with Crippen molar-refractivity contribution in [3.63, 3.8) is 0 Å². The van der Waals surface area contributed by atoms with E-state index in [0.717, 1.165) is 0 Å². The molecular formula is C11H15N3O4. The van der Waals surface area contributed by atoms with Crippen molar-refractivity contribution in [2.75, 3.05) is 6.61 Å². The normalized spacial score (nSPS) is 13.4. The maximum Gasteiger partial charge on any atom is 0.408 e. The first kappa shape index (κ1) is 13.8. The van der Waals surface area contributed by atoms with Crippen molar-refractivity contribution in [1.29, 1.82) is 0 Å². The Labute approximate surface area is 104 Å². The monoisotopic (exact) mass is 253 g/mol. The van der Waals surface area contributed by atoms with Gasteiger partial charge in [0.05, 0.1) is 6.54 Å². The first-order chi connectivity index (χ1) is 8.48. The second-order valence-electron chi connectivity index (χ2n) is 3.85. The number of hydrogen-bond acceptors (Lipinski definition) is 4. The quantitative estimate of drug-likeness (QED) is 0.725. The van der Waals surface area contributed by atoms with Crippen molar-refractivity contribution in [3.8, 4) is 0 Å². The Bertz CT molecular complexity index is 430. The third kappa shape index (κ3) is 3.62. The summed E-state index contributed by atoms with van der Waals surface area (Å²) in [6.45, 7) is 4.79. The molecular weight excluding hydrogens is 238 g/mol. The number of aromatic nitrogens is 2. The van der Waals surface area contributed by atoms with Gasteiger partial charge in [-0.05, 0) is 13.0 Å². The lowest BCUT2D eigenvalue weighted by atomic mass is 10.0. The summed E-state index contributed by atoms with van der Waals surface area (Å²) < 4.78 is 6.11. The van der Waals surface area contributed by atoms with E-state index in [1.165, 1.54) is 23.9 Å². The number of ether oxygens (including phenoxy) is 1. The van der Waals surface area contributed by atoms with Crippen LogP contribution in [-0.2, 0) is 16.1 Å². The predicted molar refractivity (Wildman–Crippen MR) is 62.9 cm³/mol. The molecule has 0 fully saturated rings. The molecule has 0 spiro atoms. The van der Waals surface area contributed by atoms with E-state index in [1.54, 1.807) is 12.3 Å². The maximum absolute atomic E-state index is 11.4. The van der Waals surface area contributed by atoms with Gasteiger partial charge in [0.2, 0.25) is 0 Å². The van der Waals surface area contributed by atoms with Crippen LogP contribution < -0.4 is 5.32 Å². The fourth-order valence-electron chi connectivity index (χ4n) is 1.27. The average molecular weight is 253 g/mol. The fourth-order valence-corrected chi connectivity index (χ4v) is 1.27. The van der Waals surface area contributed by atoms with E-state index in [9.17, 15) is 14.7 Å². The first-order valence-corrected chi connectivity index (χ1v) is 5.24. The minimum absolute atomic E-state index is 0.00147. The van der Waals surface area contributed by atoms with Gasteiger partial charge in [-0.2, -0.15) is 5.10 Å². The molecule has 0 aliphatic rings. The summed E-state index contributed by atoms with van der Waals surface area (Å²) in [6, 6.07) is 1.66. The number of nitrogens with one attached hydrogen (secondary N) is 1. The highest BCUT2D eigenvalue weighted by molar-refractivity contribution is 5.83. The Hall–Kier alpha value is -2.31. The molecule has 1 rings (SSSR count). The van der Waals surface area contributed by atoms with Crippen LogP contribution in [0.4, 0.5) is 4.79 Å². The summed E-state index contributed by atoms with van der Waals surface area (Å²) >= 11 is 0. The summed E-state index contributed by atoms with van der Waals surface area (Å²) in [5, 5.41) is 15.4. The van der Waals surface area contributed by atoms with E-state index < -0.39 is 17.6 Å². The Morgan fingerprint density at radius 3 is 2.89 bits per heavy atom. The smallest absolute Gasteiger partial charge is 0.408 e.